The highest BCUT2D eigenvalue weighted by Crippen LogP contribution is 2.36. The van der Waals surface area contributed by atoms with E-state index in [0.29, 0.717) is 25.1 Å². The van der Waals surface area contributed by atoms with Crippen molar-refractivity contribution in [3.63, 3.8) is 0 Å². The Balaban J connectivity index is 1.69. The Labute approximate surface area is 194 Å². The lowest BCUT2D eigenvalue weighted by Gasteiger charge is -2.30. The van der Waals surface area contributed by atoms with Gasteiger partial charge in [0.05, 0.1) is 11.3 Å². The summed E-state index contributed by atoms with van der Waals surface area (Å²) in [6.07, 6.45) is 5.91. The van der Waals surface area contributed by atoms with Crippen LogP contribution in [0, 0.1) is 25.2 Å². The average Bonchev–Trinajstić information content (AvgIpc) is 3.25. The maximum atomic E-state index is 12.5. The first-order valence-corrected chi connectivity index (χ1v) is 11.1. The number of rotatable bonds is 3. The number of nitriles is 1. The maximum absolute atomic E-state index is 12.5. The Hall–Kier alpha value is -3.79. The highest BCUT2D eigenvalue weighted by atomic mass is 16.6. The van der Waals surface area contributed by atoms with Gasteiger partial charge in [-0.25, -0.2) is 4.79 Å². The standard InChI is InChI=1S/C26H29N5O2/c1-16-20-8-11-28-22(20)7-6-21(16)30-24-19(14-27)15-29-17(2)23(24)18-9-12-31(13-10-18)25(32)33-26(3,4)5/h6-9,11,15,28H,10,12-13H2,1-5H3,(H,29,30). The Kier molecular flexibility index (Phi) is 5.86. The van der Waals surface area contributed by atoms with Crippen LogP contribution in [0.2, 0.25) is 0 Å². The molecule has 3 aromatic rings. The van der Waals surface area contributed by atoms with E-state index in [2.05, 4.69) is 34.3 Å². The van der Waals surface area contributed by atoms with Crippen molar-refractivity contribution in [2.45, 2.75) is 46.6 Å². The monoisotopic (exact) mass is 443 g/mol. The van der Waals surface area contributed by atoms with E-state index < -0.39 is 5.60 Å². The zero-order chi connectivity index (χ0) is 23.8. The van der Waals surface area contributed by atoms with Gasteiger partial charge in [-0.15, -0.1) is 0 Å². The molecule has 4 rings (SSSR count). The summed E-state index contributed by atoms with van der Waals surface area (Å²) >= 11 is 0. The number of carbonyl (C=O) groups excluding carboxylic acids is 1. The van der Waals surface area contributed by atoms with Crippen molar-refractivity contribution in [3.05, 3.63) is 59.1 Å². The largest absolute Gasteiger partial charge is 0.444 e. The summed E-state index contributed by atoms with van der Waals surface area (Å²) in [5.74, 6) is 0. The molecule has 2 aromatic heterocycles. The minimum Gasteiger partial charge on any atom is -0.444 e. The minimum atomic E-state index is -0.530. The molecule has 1 amide bonds. The van der Waals surface area contributed by atoms with Crippen LogP contribution in [-0.4, -0.2) is 39.7 Å². The fraction of sp³-hybridized carbons (Fsp3) is 0.346. The number of aromatic amines is 1. The van der Waals surface area contributed by atoms with Gasteiger partial charge < -0.3 is 19.9 Å². The van der Waals surface area contributed by atoms with Gasteiger partial charge in [-0.05, 0) is 70.4 Å². The molecule has 7 nitrogen and oxygen atoms in total. The van der Waals surface area contributed by atoms with E-state index in [-0.39, 0.29) is 6.09 Å². The number of ether oxygens (including phenoxy) is 1. The molecule has 0 atom stereocenters. The lowest BCUT2D eigenvalue weighted by atomic mass is 9.94. The fourth-order valence-corrected chi connectivity index (χ4v) is 4.16. The molecule has 1 aromatic carbocycles. The summed E-state index contributed by atoms with van der Waals surface area (Å²) < 4.78 is 5.51. The van der Waals surface area contributed by atoms with Gasteiger partial charge in [-0.2, -0.15) is 5.26 Å². The Bertz CT molecular complexity index is 1290. The first-order chi connectivity index (χ1) is 15.7. The highest BCUT2D eigenvalue weighted by Gasteiger charge is 2.26. The molecule has 0 unspecified atom stereocenters. The number of fused-ring (bicyclic) bond motifs is 1. The van der Waals surface area contributed by atoms with Crippen molar-refractivity contribution in [1.82, 2.24) is 14.9 Å². The van der Waals surface area contributed by atoms with Crippen molar-refractivity contribution in [3.8, 4) is 6.07 Å². The van der Waals surface area contributed by atoms with Crippen LogP contribution < -0.4 is 5.32 Å². The normalized spacial score (nSPS) is 14.1. The average molecular weight is 444 g/mol. The van der Waals surface area contributed by atoms with E-state index in [1.807, 2.05) is 52.1 Å². The number of benzene rings is 1. The van der Waals surface area contributed by atoms with E-state index in [0.717, 1.165) is 44.7 Å². The summed E-state index contributed by atoms with van der Waals surface area (Å²) in [5.41, 5.74) is 6.66. The van der Waals surface area contributed by atoms with Gasteiger partial charge in [0.25, 0.3) is 0 Å². The molecule has 0 spiro atoms. The van der Waals surface area contributed by atoms with Crippen LogP contribution in [0.1, 0.15) is 49.6 Å². The maximum Gasteiger partial charge on any atom is 0.410 e. The van der Waals surface area contributed by atoms with Gasteiger partial charge in [0.15, 0.2) is 0 Å². The van der Waals surface area contributed by atoms with Gasteiger partial charge in [-0.1, -0.05) is 6.08 Å². The molecule has 33 heavy (non-hydrogen) atoms. The number of nitrogens with zero attached hydrogens (tertiary/aromatic N) is 3. The molecule has 2 N–H and O–H groups in total. The molecule has 7 heteroatoms. The van der Waals surface area contributed by atoms with Crippen LogP contribution in [0.25, 0.3) is 16.5 Å². The Morgan fingerprint density at radius 2 is 2.06 bits per heavy atom. The van der Waals surface area contributed by atoms with Gasteiger partial charge in [0.2, 0.25) is 0 Å². The third-order valence-electron chi connectivity index (χ3n) is 5.83. The SMILES string of the molecule is Cc1ncc(C#N)c(Nc2ccc3[nH]ccc3c2C)c1C1=CCN(C(=O)OC(C)(C)C)CC1. The van der Waals surface area contributed by atoms with Crippen molar-refractivity contribution < 1.29 is 9.53 Å². The second-order valence-electron chi connectivity index (χ2n) is 9.33. The summed E-state index contributed by atoms with van der Waals surface area (Å²) in [7, 11) is 0. The number of amides is 1. The van der Waals surface area contributed by atoms with E-state index in [9.17, 15) is 10.1 Å². The lowest BCUT2D eigenvalue weighted by molar-refractivity contribution is 0.0270. The molecular weight excluding hydrogens is 414 g/mol. The summed E-state index contributed by atoms with van der Waals surface area (Å²) in [5, 5.41) is 14.5. The number of pyridine rings is 1. The highest BCUT2D eigenvalue weighted by molar-refractivity contribution is 5.91. The molecule has 0 fully saturated rings. The zero-order valence-corrected chi connectivity index (χ0v) is 19.7. The predicted octanol–water partition coefficient (Wildman–Crippen LogP) is 5.82. The summed E-state index contributed by atoms with van der Waals surface area (Å²) in [6.45, 7) is 10.6. The smallest absolute Gasteiger partial charge is 0.410 e. The number of H-pyrrole nitrogens is 1. The van der Waals surface area contributed by atoms with Gasteiger partial charge in [-0.3, -0.25) is 4.98 Å². The third kappa shape index (κ3) is 4.56. The quantitative estimate of drug-likeness (QED) is 0.532. The molecule has 3 heterocycles. The third-order valence-corrected chi connectivity index (χ3v) is 5.83. The van der Waals surface area contributed by atoms with Crippen molar-refractivity contribution >= 4 is 33.9 Å². The van der Waals surface area contributed by atoms with Crippen molar-refractivity contribution in [2.24, 2.45) is 0 Å². The molecule has 0 saturated heterocycles. The fourth-order valence-electron chi connectivity index (χ4n) is 4.16. The van der Waals surface area contributed by atoms with Crippen LogP contribution in [-0.2, 0) is 4.74 Å². The van der Waals surface area contributed by atoms with Gasteiger partial charge in [0.1, 0.15) is 11.7 Å². The first-order valence-electron chi connectivity index (χ1n) is 11.1. The number of hydrogen-bond acceptors (Lipinski definition) is 5. The van der Waals surface area contributed by atoms with E-state index in [1.165, 1.54) is 0 Å². The number of anilines is 2. The second-order valence-corrected chi connectivity index (χ2v) is 9.33. The topological polar surface area (TPSA) is 94.0 Å². The number of aryl methyl sites for hydroxylation is 2. The predicted molar refractivity (Wildman–Crippen MR) is 130 cm³/mol. The Morgan fingerprint density at radius 3 is 2.73 bits per heavy atom. The number of carbonyl (C=O) groups is 1. The lowest BCUT2D eigenvalue weighted by Crippen LogP contribution is -2.39. The molecular formula is C26H29N5O2. The Morgan fingerprint density at radius 1 is 1.27 bits per heavy atom. The van der Waals surface area contributed by atoms with Crippen LogP contribution >= 0.6 is 0 Å². The van der Waals surface area contributed by atoms with Crippen LogP contribution in [0.15, 0.2) is 36.7 Å². The van der Waals surface area contributed by atoms with E-state index in [4.69, 9.17) is 4.74 Å². The number of hydrogen-bond donors (Lipinski definition) is 2. The van der Waals surface area contributed by atoms with Crippen LogP contribution in [0.3, 0.4) is 0 Å². The van der Waals surface area contributed by atoms with Gasteiger partial charge in [0, 0.05) is 53.3 Å². The van der Waals surface area contributed by atoms with E-state index >= 15 is 0 Å². The zero-order valence-electron chi connectivity index (χ0n) is 19.7. The number of nitrogens with one attached hydrogen (secondary N) is 2. The molecule has 1 aliphatic heterocycles. The summed E-state index contributed by atoms with van der Waals surface area (Å²) in [6, 6.07) is 8.39. The molecule has 0 radical (unpaired) electrons. The molecule has 1 aliphatic rings. The second kappa shape index (κ2) is 8.62. The molecule has 170 valence electrons. The molecule has 0 bridgehead atoms. The molecule has 0 saturated carbocycles. The van der Waals surface area contributed by atoms with E-state index in [1.54, 1.807) is 11.1 Å². The van der Waals surface area contributed by atoms with Crippen molar-refractivity contribution in [2.75, 3.05) is 18.4 Å². The summed E-state index contributed by atoms with van der Waals surface area (Å²) in [4.78, 5) is 21.9. The van der Waals surface area contributed by atoms with Gasteiger partial charge >= 0.3 is 6.09 Å². The van der Waals surface area contributed by atoms with Crippen LogP contribution in [0.4, 0.5) is 16.2 Å². The van der Waals surface area contributed by atoms with Crippen molar-refractivity contribution in [1.29, 1.82) is 5.26 Å². The number of aromatic nitrogens is 2. The molecule has 0 aliphatic carbocycles. The first kappa shape index (κ1) is 22.4. The minimum absolute atomic E-state index is 0.313. The van der Waals surface area contributed by atoms with Crippen LogP contribution in [0.5, 0.6) is 0 Å².